The Bertz CT molecular complexity index is 217. The highest BCUT2D eigenvalue weighted by Crippen LogP contribution is 2.31. The van der Waals surface area contributed by atoms with Crippen LogP contribution in [0.4, 0.5) is 0 Å². The summed E-state index contributed by atoms with van der Waals surface area (Å²) >= 11 is 0. The van der Waals surface area contributed by atoms with E-state index in [-0.39, 0.29) is 11.6 Å². The summed E-state index contributed by atoms with van der Waals surface area (Å²) in [7, 11) is 0. The first-order valence-electron chi connectivity index (χ1n) is 4.88. The lowest BCUT2D eigenvalue weighted by molar-refractivity contribution is -0.141. The predicted molar refractivity (Wildman–Crippen MR) is 50.5 cm³/mol. The van der Waals surface area contributed by atoms with E-state index in [9.17, 15) is 9.59 Å². The molecule has 1 aliphatic rings. The molecule has 3 heteroatoms. The molecule has 0 spiro atoms. The summed E-state index contributed by atoms with van der Waals surface area (Å²) < 4.78 is 0. The fourth-order valence-corrected chi connectivity index (χ4v) is 2.02. The minimum absolute atomic E-state index is 0.0425. The summed E-state index contributed by atoms with van der Waals surface area (Å²) in [4.78, 5) is 23.2. The number of hydrogen-bond acceptors (Lipinski definition) is 3. The van der Waals surface area contributed by atoms with Crippen LogP contribution in [0, 0.1) is 5.41 Å². The third kappa shape index (κ3) is 1.80. The van der Waals surface area contributed by atoms with Crippen molar-refractivity contribution >= 4 is 11.6 Å². The summed E-state index contributed by atoms with van der Waals surface area (Å²) in [5.74, 6) is 0.155. The Labute approximate surface area is 78.9 Å². The van der Waals surface area contributed by atoms with Crippen LogP contribution in [0.5, 0.6) is 0 Å². The normalized spacial score (nSPS) is 21.1. The second-order valence-corrected chi connectivity index (χ2v) is 3.67. The van der Waals surface area contributed by atoms with Gasteiger partial charge in [0.2, 0.25) is 0 Å². The number of piperidine rings is 1. The van der Waals surface area contributed by atoms with E-state index in [1.165, 1.54) is 0 Å². The highest BCUT2D eigenvalue weighted by molar-refractivity contribution is 6.06. The fourth-order valence-electron chi connectivity index (χ4n) is 2.02. The molecular weight excluding hydrogens is 166 g/mol. The van der Waals surface area contributed by atoms with Gasteiger partial charge in [-0.25, -0.2) is 0 Å². The van der Waals surface area contributed by atoms with Gasteiger partial charge >= 0.3 is 0 Å². The molecule has 3 nitrogen and oxygen atoms in total. The number of Topliss-reactive ketones (excluding diaryl/α,β-unsaturated/α-hetero) is 2. The molecule has 0 radical (unpaired) electrons. The third-order valence-electron chi connectivity index (χ3n) is 2.99. The molecule has 0 amide bonds. The van der Waals surface area contributed by atoms with Crippen molar-refractivity contribution in [2.24, 2.45) is 5.41 Å². The van der Waals surface area contributed by atoms with E-state index in [1.54, 1.807) is 6.92 Å². The van der Waals surface area contributed by atoms with Crippen LogP contribution in [0.15, 0.2) is 0 Å². The molecule has 1 saturated heterocycles. The topological polar surface area (TPSA) is 46.2 Å². The SMILES string of the molecule is CCC(=O)C1(C(C)=O)CCNCC1. The number of ketones is 2. The molecule has 1 fully saturated rings. The van der Waals surface area contributed by atoms with E-state index in [0.29, 0.717) is 19.3 Å². The second-order valence-electron chi connectivity index (χ2n) is 3.67. The lowest BCUT2D eigenvalue weighted by atomic mass is 9.71. The monoisotopic (exact) mass is 183 g/mol. The average Bonchev–Trinajstić information content (AvgIpc) is 2.17. The van der Waals surface area contributed by atoms with Crippen molar-refractivity contribution < 1.29 is 9.59 Å². The Morgan fingerprint density at radius 1 is 1.31 bits per heavy atom. The molecule has 0 aromatic heterocycles. The molecular formula is C10H17NO2. The van der Waals surface area contributed by atoms with Gasteiger partial charge in [0.25, 0.3) is 0 Å². The zero-order chi connectivity index (χ0) is 9.90. The van der Waals surface area contributed by atoms with Crippen molar-refractivity contribution in [2.75, 3.05) is 13.1 Å². The summed E-state index contributed by atoms with van der Waals surface area (Å²) in [5, 5.41) is 3.17. The number of hydrogen-bond donors (Lipinski definition) is 1. The van der Waals surface area contributed by atoms with Crippen molar-refractivity contribution in [2.45, 2.75) is 33.1 Å². The fraction of sp³-hybridized carbons (Fsp3) is 0.800. The van der Waals surface area contributed by atoms with Crippen LogP contribution in [-0.4, -0.2) is 24.7 Å². The molecule has 0 atom stereocenters. The van der Waals surface area contributed by atoms with E-state index in [1.807, 2.05) is 6.92 Å². The standard InChI is InChI=1S/C10H17NO2/c1-3-9(13)10(8(2)12)4-6-11-7-5-10/h11H,3-7H2,1-2H3. The molecule has 0 aromatic carbocycles. The number of nitrogens with one attached hydrogen (secondary N) is 1. The number of carbonyl (C=O) groups is 2. The van der Waals surface area contributed by atoms with Crippen molar-refractivity contribution in [3.05, 3.63) is 0 Å². The summed E-state index contributed by atoms with van der Waals surface area (Å²) in [6.07, 6.45) is 1.82. The summed E-state index contributed by atoms with van der Waals surface area (Å²) in [6.45, 7) is 4.94. The van der Waals surface area contributed by atoms with E-state index in [0.717, 1.165) is 13.1 Å². The van der Waals surface area contributed by atoms with Gasteiger partial charge in [-0.1, -0.05) is 6.92 Å². The van der Waals surface area contributed by atoms with Crippen molar-refractivity contribution in [3.63, 3.8) is 0 Å². The van der Waals surface area contributed by atoms with Gasteiger partial charge in [-0.15, -0.1) is 0 Å². The minimum Gasteiger partial charge on any atom is -0.317 e. The molecule has 0 aromatic rings. The summed E-state index contributed by atoms with van der Waals surface area (Å²) in [5.41, 5.74) is -0.653. The van der Waals surface area contributed by atoms with Gasteiger partial charge in [0, 0.05) is 6.42 Å². The zero-order valence-electron chi connectivity index (χ0n) is 8.35. The molecule has 1 heterocycles. The first-order valence-corrected chi connectivity index (χ1v) is 4.88. The Kier molecular flexibility index (Phi) is 3.20. The molecule has 1 aliphatic heterocycles. The van der Waals surface area contributed by atoms with Crippen LogP contribution in [0.3, 0.4) is 0 Å². The Hall–Kier alpha value is -0.700. The predicted octanol–water partition coefficient (Wildman–Crippen LogP) is 0.924. The zero-order valence-corrected chi connectivity index (χ0v) is 8.35. The lowest BCUT2D eigenvalue weighted by Gasteiger charge is -2.33. The maximum Gasteiger partial charge on any atom is 0.146 e. The molecule has 0 bridgehead atoms. The molecule has 74 valence electrons. The Morgan fingerprint density at radius 2 is 1.85 bits per heavy atom. The molecule has 0 unspecified atom stereocenters. The van der Waals surface area contributed by atoms with Crippen molar-refractivity contribution in [1.29, 1.82) is 0 Å². The number of carbonyl (C=O) groups excluding carboxylic acids is 2. The Balaban J connectivity index is 2.85. The molecule has 1 N–H and O–H groups in total. The molecule has 1 rings (SSSR count). The minimum atomic E-state index is -0.653. The maximum atomic E-state index is 11.7. The van der Waals surface area contributed by atoms with Gasteiger partial charge in [-0.05, 0) is 32.9 Å². The van der Waals surface area contributed by atoms with E-state index in [2.05, 4.69) is 5.32 Å². The first-order chi connectivity index (χ1) is 6.13. The van der Waals surface area contributed by atoms with Gasteiger partial charge in [0.1, 0.15) is 11.6 Å². The van der Waals surface area contributed by atoms with Gasteiger partial charge in [0.05, 0.1) is 5.41 Å². The van der Waals surface area contributed by atoms with Gasteiger partial charge in [0.15, 0.2) is 0 Å². The quantitative estimate of drug-likeness (QED) is 0.662. The van der Waals surface area contributed by atoms with E-state index in [4.69, 9.17) is 0 Å². The summed E-state index contributed by atoms with van der Waals surface area (Å²) in [6, 6.07) is 0. The van der Waals surface area contributed by atoms with Crippen LogP contribution >= 0.6 is 0 Å². The van der Waals surface area contributed by atoms with Crippen molar-refractivity contribution in [3.8, 4) is 0 Å². The number of rotatable bonds is 3. The average molecular weight is 183 g/mol. The molecule has 0 aliphatic carbocycles. The van der Waals surface area contributed by atoms with Crippen molar-refractivity contribution in [1.82, 2.24) is 5.32 Å². The van der Waals surface area contributed by atoms with Gasteiger partial charge < -0.3 is 5.32 Å². The van der Waals surface area contributed by atoms with Gasteiger partial charge in [-0.2, -0.15) is 0 Å². The van der Waals surface area contributed by atoms with Crippen LogP contribution < -0.4 is 5.32 Å². The smallest absolute Gasteiger partial charge is 0.146 e. The highest BCUT2D eigenvalue weighted by atomic mass is 16.2. The van der Waals surface area contributed by atoms with Crippen LogP contribution in [0.1, 0.15) is 33.1 Å². The maximum absolute atomic E-state index is 11.7. The molecule has 13 heavy (non-hydrogen) atoms. The van der Waals surface area contributed by atoms with Gasteiger partial charge in [-0.3, -0.25) is 9.59 Å². The lowest BCUT2D eigenvalue weighted by Crippen LogP contribution is -2.46. The Morgan fingerprint density at radius 3 is 2.23 bits per heavy atom. The van der Waals surface area contributed by atoms with Crippen LogP contribution in [-0.2, 0) is 9.59 Å². The first kappa shape index (κ1) is 10.4. The highest BCUT2D eigenvalue weighted by Gasteiger charge is 2.42. The van der Waals surface area contributed by atoms with Crippen LogP contribution in [0.25, 0.3) is 0 Å². The molecule has 0 saturated carbocycles. The largest absolute Gasteiger partial charge is 0.317 e. The van der Waals surface area contributed by atoms with Crippen LogP contribution in [0.2, 0.25) is 0 Å². The van der Waals surface area contributed by atoms with E-state index >= 15 is 0 Å². The third-order valence-corrected chi connectivity index (χ3v) is 2.99. The second kappa shape index (κ2) is 4.01. The van der Waals surface area contributed by atoms with E-state index < -0.39 is 5.41 Å².